The number of nitrogens with zero attached hydrogens (tertiary/aromatic N) is 2. The van der Waals surface area contributed by atoms with E-state index in [4.69, 9.17) is 28.9 Å². The zero-order chi connectivity index (χ0) is 24.1. The summed E-state index contributed by atoms with van der Waals surface area (Å²) in [5.41, 5.74) is 9.47. The van der Waals surface area contributed by atoms with Crippen molar-refractivity contribution < 1.29 is 9.90 Å². The van der Waals surface area contributed by atoms with E-state index in [0.717, 1.165) is 23.1 Å². The summed E-state index contributed by atoms with van der Waals surface area (Å²) in [6.45, 7) is 1.73. The van der Waals surface area contributed by atoms with Gasteiger partial charge in [-0.1, -0.05) is 53.5 Å². The van der Waals surface area contributed by atoms with E-state index < -0.39 is 12.0 Å². The molecule has 1 aromatic heterocycles. The van der Waals surface area contributed by atoms with Gasteiger partial charge >= 0.3 is 5.97 Å². The molecule has 34 heavy (non-hydrogen) atoms. The molecule has 0 bridgehead atoms. The number of nitrogens with one attached hydrogen (secondary N) is 3. The van der Waals surface area contributed by atoms with Gasteiger partial charge in [-0.05, 0) is 37.1 Å². The van der Waals surface area contributed by atoms with Crippen LogP contribution in [0.4, 0.5) is 11.6 Å². The van der Waals surface area contributed by atoms with Gasteiger partial charge in [0.1, 0.15) is 6.04 Å². The van der Waals surface area contributed by atoms with Gasteiger partial charge < -0.3 is 26.8 Å². The number of benzene rings is 2. The quantitative estimate of drug-likeness (QED) is 0.314. The topological polar surface area (TPSA) is 125 Å². The van der Waals surface area contributed by atoms with E-state index in [1.807, 2.05) is 24.3 Å². The van der Waals surface area contributed by atoms with Gasteiger partial charge in [0.25, 0.3) is 0 Å². The van der Waals surface area contributed by atoms with E-state index in [2.05, 4.69) is 25.9 Å². The first-order valence-corrected chi connectivity index (χ1v) is 11.7. The van der Waals surface area contributed by atoms with Crippen molar-refractivity contribution in [3.63, 3.8) is 0 Å². The summed E-state index contributed by atoms with van der Waals surface area (Å²) in [7, 11) is 0. The minimum atomic E-state index is -0.802. The molecule has 1 aliphatic rings. The number of aliphatic carboxylic acids is 1. The first-order chi connectivity index (χ1) is 16.4. The van der Waals surface area contributed by atoms with Crippen LogP contribution in [0.15, 0.2) is 48.7 Å². The molecule has 1 aliphatic heterocycles. The Kier molecular flexibility index (Phi) is 7.84. The molecule has 2 aromatic carbocycles. The normalized spacial score (nSPS) is 17.9. The average Bonchev–Trinajstić information content (AvgIpc) is 2.84. The fraction of sp³-hybridized carbons (Fsp3) is 0.292. The van der Waals surface area contributed by atoms with Crippen molar-refractivity contribution in [1.29, 1.82) is 0 Å². The smallest absolute Gasteiger partial charge is 0.320 e. The highest BCUT2D eigenvalue weighted by atomic mass is 35.5. The number of carboxylic acids is 1. The predicted octanol–water partition coefficient (Wildman–Crippen LogP) is 3.94. The molecule has 1 saturated heterocycles. The Bertz CT molecular complexity index is 1140. The highest BCUT2D eigenvalue weighted by Crippen LogP contribution is 2.27. The summed E-state index contributed by atoms with van der Waals surface area (Å²) in [6.07, 6.45) is 3.11. The monoisotopic (exact) mass is 500 g/mol. The second-order valence-corrected chi connectivity index (χ2v) is 9.00. The predicted molar refractivity (Wildman–Crippen MR) is 135 cm³/mol. The number of piperidine rings is 1. The van der Waals surface area contributed by atoms with Gasteiger partial charge in [-0.25, -0.2) is 9.97 Å². The van der Waals surface area contributed by atoms with Crippen LogP contribution in [0.1, 0.15) is 24.0 Å². The number of halogens is 2. The third kappa shape index (κ3) is 5.95. The molecule has 0 spiro atoms. The minimum Gasteiger partial charge on any atom is -0.480 e. The van der Waals surface area contributed by atoms with Crippen molar-refractivity contribution in [1.82, 2.24) is 20.6 Å². The Labute approximate surface area is 207 Å². The van der Waals surface area contributed by atoms with Crippen LogP contribution >= 0.6 is 23.2 Å². The lowest BCUT2D eigenvalue weighted by molar-refractivity contribution is -0.140. The standard InChI is InChI=1S/C24H26Cl2N6O2/c25-18-2-1-3-19(26)17(18)12-31-23-22(27)30-13-21(32-23)15-6-4-14(5-7-15)11-29-16-8-9-28-20(10-16)24(33)34/h1-7,13,16,20,28-29H,8-12H2,(H2,27,30)(H,31,32)(H,33,34)/t16?,20-/m0/s1. The van der Waals surface area contributed by atoms with Crippen LogP contribution in [-0.4, -0.2) is 39.7 Å². The van der Waals surface area contributed by atoms with Gasteiger partial charge in [-0.3, -0.25) is 4.79 Å². The third-order valence-corrected chi connectivity index (χ3v) is 6.55. The fourth-order valence-corrected chi connectivity index (χ4v) is 4.42. The van der Waals surface area contributed by atoms with Crippen LogP contribution < -0.4 is 21.7 Å². The Hall–Kier alpha value is -2.91. The van der Waals surface area contributed by atoms with Crippen LogP contribution in [0.25, 0.3) is 11.3 Å². The Morgan fingerprint density at radius 3 is 2.59 bits per heavy atom. The average molecular weight is 501 g/mol. The highest BCUT2D eigenvalue weighted by Gasteiger charge is 2.25. The summed E-state index contributed by atoms with van der Waals surface area (Å²) in [5.74, 6) is -0.0585. The van der Waals surface area contributed by atoms with Gasteiger partial charge in [0, 0.05) is 40.3 Å². The summed E-state index contributed by atoms with van der Waals surface area (Å²) in [4.78, 5) is 20.1. The molecule has 2 atom stereocenters. The second kappa shape index (κ2) is 11.0. The highest BCUT2D eigenvalue weighted by molar-refractivity contribution is 6.36. The number of rotatable bonds is 8. The van der Waals surface area contributed by atoms with Gasteiger partial charge in [0.15, 0.2) is 11.6 Å². The number of carbonyl (C=O) groups is 1. The SMILES string of the molecule is Nc1ncc(-c2ccc(CNC3CCN[C@H](C(=O)O)C3)cc2)nc1NCc1c(Cl)cccc1Cl. The number of nitrogen functional groups attached to an aromatic ring is 1. The molecular formula is C24H26Cl2N6O2. The molecule has 6 N–H and O–H groups in total. The summed E-state index contributed by atoms with van der Waals surface area (Å²) < 4.78 is 0. The van der Waals surface area contributed by atoms with Crippen LogP contribution in [-0.2, 0) is 17.9 Å². The lowest BCUT2D eigenvalue weighted by atomic mass is 9.99. The van der Waals surface area contributed by atoms with E-state index in [0.29, 0.717) is 47.6 Å². The molecule has 0 saturated carbocycles. The van der Waals surface area contributed by atoms with Gasteiger partial charge in [-0.2, -0.15) is 0 Å². The molecular weight excluding hydrogens is 475 g/mol. The molecule has 0 amide bonds. The fourth-order valence-electron chi connectivity index (χ4n) is 3.89. The van der Waals surface area contributed by atoms with Crippen LogP contribution in [0.2, 0.25) is 10.0 Å². The molecule has 1 fully saturated rings. The maximum Gasteiger partial charge on any atom is 0.320 e. The lowest BCUT2D eigenvalue weighted by Gasteiger charge is -2.28. The Morgan fingerprint density at radius 1 is 1.15 bits per heavy atom. The van der Waals surface area contributed by atoms with Crippen LogP contribution in [0.3, 0.4) is 0 Å². The molecule has 178 valence electrons. The Morgan fingerprint density at radius 2 is 1.88 bits per heavy atom. The van der Waals surface area contributed by atoms with Crippen LogP contribution in [0.5, 0.6) is 0 Å². The third-order valence-electron chi connectivity index (χ3n) is 5.84. The number of hydrogen-bond acceptors (Lipinski definition) is 7. The summed E-state index contributed by atoms with van der Waals surface area (Å²) in [5, 5.41) is 20.0. The van der Waals surface area contributed by atoms with Gasteiger partial charge in [0.2, 0.25) is 0 Å². The zero-order valence-corrected chi connectivity index (χ0v) is 19.9. The Balaban J connectivity index is 1.39. The van der Waals surface area contributed by atoms with Crippen molar-refractivity contribution in [2.24, 2.45) is 0 Å². The maximum absolute atomic E-state index is 11.2. The first kappa shape index (κ1) is 24.2. The van der Waals surface area contributed by atoms with Gasteiger partial charge in [-0.15, -0.1) is 0 Å². The van der Waals surface area contributed by atoms with Crippen molar-refractivity contribution in [3.8, 4) is 11.3 Å². The maximum atomic E-state index is 11.2. The van der Waals surface area contributed by atoms with E-state index in [1.54, 1.807) is 24.4 Å². The molecule has 8 nitrogen and oxygen atoms in total. The van der Waals surface area contributed by atoms with E-state index >= 15 is 0 Å². The van der Waals surface area contributed by atoms with Crippen molar-refractivity contribution in [2.45, 2.75) is 38.0 Å². The molecule has 3 aromatic rings. The molecule has 0 aliphatic carbocycles. The molecule has 4 rings (SSSR count). The minimum absolute atomic E-state index is 0.172. The van der Waals surface area contributed by atoms with E-state index in [-0.39, 0.29) is 11.9 Å². The number of carboxylic acid groups (broad SMARTS) is 1. The molecule has 2 heterocycles. The first-order valence-electron chi connectivity index (χ1n) is 11.0. The van der Waals surface area contributed by atoms with E-state index in [1.165, 1.54) is 0 Å². The lowest BCUT2D eigenvalue weighted by Crippen LogP contribution is -2.49. The molecule has 1 unspecified atom stereocenters. The molecule has 0 radical (unpaired) electrons. The van der Waals surface area contributed by atoms with Crippen LogP contribution in [0, 0.1) is 0 Å². The van der Waals surface area contributed by atoms with Crippen molar-refractivity contribution in [3.05, 3.63) is 69.8 Å². The molecule has 10 heteroatoms. The van der Waals surface area contributed by atoms with Crippen molar-refractivity contribution >= 4 is 40.8 Å². The number of aromatic nitrogens is 2. The largest absolute Gasteiger partial charge is 0.480 e. The number of nitrogens with two attached hydrogens (primary N) is 1. The summed E-state index contributed by atoms with van der Waals surface area (Å²) >= 11 is 12.5. The van der Waals surface area contributed by atoms with Crippen molar-refractivity contribution in [2.75, 3.05) is 17.6 Å². The van der Waals surface area contributed by atoms with E-state index in [9.17, 15) is 9.90 Å². The number of hydrogen-bond donors (Lipinski definition) is 5. The number of anilines is 2. The second-order valence-electron chi connectivity index (χ2n) is 8.19. The van der Waals surface area contributed by atoms with Gasteiger partial charge in [0.05, 0.1) is 11.9 Å². The summed E-state index contributed by atoms with van der Waals surface area (Å²) in [6, 6.07) is 13.0. The zero-order valence-electron chi connectivity index (χ0n) is 18.4.